The van der Waals surface area contributed by atoms with E-state index in [4.69, 9.17) is 9.97 Å². The van der Waals surface area contributed by atoms with Crippen LogP contribution in [0.15, 0.2) is 15.8 Å². The molecule has 35 heavy (non-hydrogen) atoms. The summed E-state index contributed by atoms with van der Waals surface area (Å²) in [6.07, 6.45) is 3.63. The van der Waals surface area contributed by atoms with E-state index >= 15 is 0 Å². The molecule has 1 aliphatic heterocycles. The van der Waals surface area contributed by atoms with Gasteiger partial charge in [0.25, 0.3) is 10.0 Å². The van der Waals surface area contributed by atoms with Crippen LogP contribution < -0.4 is 10.6 Å². The Morgan fingerprint density at radius 3 is 2.66 bits per heavy atom. The number of nitrogens with one attached hydrogen (secondary N) is 2. The topological polar surface area (TPSA) is 120 Å². The molecule has 1 atom stereocenters. The summed E-state index contributed by atoms with van der Waals surface area (Å²) in [7, 11) is -3.63. The summed E-state index contributed by atoms with van der Waals surface area (Å²) < 4.78 is 28.8. The molecule has 1 saturated heterocycles. The second kappa shape index (κ2) is 9.69. The number of thiazole rings is 1. The summed E-state index contributed by atoms with van der Waals surface area (Å²) in [5, 5.41) is 8.56. The lowest BCUT2D eigenvalue weighted by atomic mass is 10.2. The van der Waals surface area contributed by atoms with Gasteiger partial charge >= 0.3 is 0 Å². The van der Waals surface area contributed by atoms with E-state index in [1.54, 1.807) is 11.3 Å². The number of hydrogen-bond donors (Lipinski definition) is 2. The van der Waals surface area contributed by atoms with Crippen molar-refractivity contribution in [1.82, 2.24) is 24.2 Å². The molecule has 1 saturated carbocycles. The minimum absolute atomic E-state index is 0.146. The minimum Gasteiger partial charge on any atom is -0.365 e. The Bertz CT molecular complexity index is 1340. The van der Waals surface area contributed by atoms with Crippen molar-refractivity contribution in [3.05, 3.63) is 23.0 Å². The van der Waals surface area contributed by atoms with Gasteiger partial charge < -0.3 is 10.6 Å². The third kappa shape index (κ3) is 5.33. The van der Waals surface area contributed by atoms with Crippen LogP contribution in [0.4, 0.5) is 10.9 Å². The summed E-state index contributed by atoms with van der Waals surface area (Å²) in [5.41, 5.74) is 2.23. The molecule has 3 aromatic rings. The number of anilines is 2. The first kappa shape index (κ1) is 24.5. The molecule has 13 heteroatoms. The van der Waals surface area contributed by atoms with Crippen molar-refractivity contribution in [2.45, 2.75) is 49.8 Å². The van der Waals surface area contributed by atoms with Gasteiger partial charge in [-0.05, 0) is 37.6 Å². The Labute approximate surface area is 212 Å². The van der Waals surface area contributed by atoms with Gasteiger partial charge in [-0.3, -0.25) is 9.69 Å². The highest BCUT2D eigenvalue weighted by Gasteiger charge is 2.31. The highest BCUT2D eigenvalue weighted by molar-refractivity contribution is 7.91. The molecule has 0 radical (unpaired) electrons. The van der Waals surface area contributed by atoms with Crippen molar-refractivity contribution in [2.24, 2.45) is 0 Å². The fraction of sp³-hybridized carbons (Fsp3) is 0.545. The van der Waals surface area contributed by atoms with Crippen molar-refractivity contribution in [3.63, 3.8) is 0 Å². The smallest absolute Gasteiger partial charge is 0.254 e. The fourth-order valence-electron chi connectivity index (χ4n) is 4.20. The number of aromatic nitrogens is 3. The molecule has 0 aromatic carbocycles. The van der Waals surface area contributed by atoms with Gasteiger partial charge in [-0.1, -0.05) is 11.3 Å². The normalized spacial score (nSPS) is 18.6. The predicted molar refractivity (Wildman–Crippen MR) is 139 cm³/mol. The Morgan fingerprint density at radius 1 is 1.23 bits per heavy atom. The maximum absolute atomic E-state index is 13.0. The zero-order valence-corrected chi connectivity index (χ0v) is 22.4. The number of carbonyl (C=O) groups is 1. The van der Waals surface area contributed by atoms with E-state index in [0.717, 1.165) is 52.6 Å². The van der Waals surface area contributed by atoms with Crippen LogP contribution in [0.1, 0.15) is 44.0 Å². The maximum Gasteiger partial charge on any atom is 0.254 e. The minimum atomic E-state index is -3.63. The molecule has 0 spiro atoms. The molecule has 5 rings (SSSR count). The number of fused-ring (bicyclic) bond motifs is 1. The van der Waals surface area contributed by atoms with Crippen LogP contribution in [0.5, 0.6) is 0 Å². The summed E-state index contributed by atoms with van der Waals surface area (Å²) in [6.45, 7) is 8.50. The molecule has 4 heterocycles. The van der Waals surface area contributed by atoms with Crippen molar-refractivity contribution in [1.29, 1.82) is 0 Å². The van der Waals surface area contributed by atoms with Gasteiger partial charge in [0.05, 0.1) is 16.4 Å². The first-order valence-corrected chi connectivity index (χ1v) is 14.8. The molecular weight excluding hydrogens is 506 g/mol. The zero-order chi connectivity index (χ0) is 24.7. The fourth-order valence-corrected chi connectivity index (χ4v) is 7.80. The quantitative estimate of drug-likeness (QED) is 0.452. The lowest BCUT2D eigenvalue weighted by Crippen LogP contribution is -2.50. The Balaban J connectivity index is 1.19. The molecule has 188 valence electrons. The van der Waals surface area contributed by atoms with E-state index in [9.17, 15) is 13.2 Å². The standard InChI is InChI=1S/C22H29N7O3S3/c1-13-12-33-19-18(13)26-20(16-4-5-16)27-21(19)24-14(2)11-28-6-8-29(9-7-28)35(31,32)17-10-23-22(34-17)25-15(3)30/h10,12,14,16H,4-9,11H2,1-3H3,(H,23,25,30)(H,24,26,27). The van der Waals surface area contributed by atoms with E-state index in [2.05, 4.69) is 39.7 Å². The molecule has 2 fully saturated rings. The van der Waals surface area contributed by atoms with Crippen molar-refractivity contribution < 1.29 is 13.2 Å². The van der Waals surface area contributed by atoms with Crippen LogP contribution >= 0.6 is 22.7 Å². The van der Waals surface area contributed by atoms with Crippen LogP contribution in [-0.4, -0.2) is 77.2 Å². The molecule has 0 bridgehead atoms. The molecule has 1 aliphatic carbocycles. The van der Waals surface area contributed by atoms with Gasteiger partial charge in [-0.15, -0.1) is 11.3 Å². The van der Waals surface area contributed by atoms with Gasteiger partial charge in [0, 0.05) is 51.6 Å². The monoisotopic (exact) mass is 535 g/mol. The average molecular weight is 536 g/mol. The van der Waals surface area contributed by atoms with Crippen molar-refractivity contribution in [3.8, 4) is 0 Å². The number of amides is 1. The number of thiophene rings is 1. The van der Waals surface area contributed by atoms with Gasteiger partial charge in [0.1, 0.15) is 11.6 Å². The predicted octanol–water partition coefficient (Wildman–Crippen LogP) is 3.10. The molecule has 1 unspecified atom stereocenters. The highest BCUT2D eigenvalue weighted by atomic mass is 32.2. The first-order valence-electron chi connectivity index (χ1n) is 11.7. The molecule has 1 amide bonds. The van der Waals surface area contributed by atoms with E-state index in [0.29, 0.717) is 37.2 Å². The Morgan fingerprint density at radius 2 is 1.97 bits per heavy atom. The van der Waals surface area contributed by atoms with Crippen molar-refractivity contribution in [2.75, 3.05) is 43.4 Å². The zero-order valence-electron chi connectivity index (χ0n) is 19.9. The molecular formula is C22H29N7O3S3. The second-order valence-electron chi connectivity index (χ2n) is 9.22. The van der Waals surface area contributed by atoms with Crippen LogP contribution in [0, 0.1) is 6.92 Å². The van der Waals surface area contributed by atoms with Gasteiger partial charge in [0.2, 0.25) is 5.91 Å². The van der Waals surface area contributed by atoms with Gasteiger partial charge in [0.15, 0.2) is 9.34 Å². The lowest BCUT2D eigenvalue weighted by molar-refractivity contribution is -0.114. The lowest BCUT2D eigenvalue weighted by Gasteiger charge is -2.35. The number of carbonyl (C=O) groups excluding carboxylic acids is 1. The maximum atomic E-state index is 13.0. The van der Waals surface area contributed by atoms with E-state index in [1.807, 2.05) is 0 Å². The molecule has 2 N–H and O–H groups in total. The third-order valence-corrected chi connectivity index (χ3v) is 10.5. The molecule has 3 aromatic heterocycles. The average Bonchev–Trinajstić information content (AvgIpc) is 3.44. The van der Waals surface area contributed by atoms with E-state index in [1.165, 1.54) is 23.0 Å². The van der Waals surface area contributed by atoms with E-state index in [-0.39, 0.29) is 16.2 Å². The SMILES string of the molecule is CC(=O)Nc1ncc(S(=O)(=O)N2CCN(CC(C)Nc3nc(C4CC4)nc4c(C)csc34)CC2)s1. The summed E-state index contributed by atoms with van der Waals surface area (Å²) >= 11 is 2.65. The summed E-state index contributed by atoms with van der Waals surface area (Å²) in [5.74, 6) is 2.05. The highest BCUT2D eigenvalue weighted by Crippen LogP contribution is 2.40. The largest absolute Gasteiger partial charge is 0.365 e. The number of nitrogens with zero attached hydrogens (tertiary/aromatic N) is 5. The molecule has 2 aliphatic rings. The Hall–Kier alpha value is -2.19. The van der Waals surface area contributed by atoms with Crippen LogP contribution in [0.25, 0.3) is 10.2 Å². The number of sulfonamides is 1. The van der Waals surface area contributed by atoms with E-state index < -0.39 is 10.0 Å². The first-order chi connectivity index (χ1) is 16.7. The van der Waals surface area contributed by atoms with Gasteiger partial charge in [-0.2, -0.15) is 4.31 Å². The number of aryl methyl sites for hydroxylation is 1. The van der Waals surface area contributed by atoms with Crippen molar-refractivity contribution >= 4 is 59.8 Å². The van der Waals surface area contributed by atoms with Gasteiger partial charge in [-0.25, -0.2) is 23.4 Å². The number of hydrogen-bond acceptors (Lipinski definition) is 10. The Kier molecular flexibility index (Phi) is 6.79. The third-order valence-electron chi connectivity index (χ3n) is 6.16. The van der Waals surface area contributed by atoms with Crippen LogP contribution in [-0.2, 0) is 14.8 Å². The summed E-state index contributed by atoms with van der Waals surface area (Å²) in [4.78, 5) is 27.2. The second-order valence-corrected chi connectivity index (χ2v) is 13.3. The van der Waals surface area contributed by atoms with Crippen LogP contribution in [0.3, 0.4) is 0 Å². The number of rotatable bonds is 8. The summed E-state index contributed by atoms with van der Waals surface area (Å²) in [6, 6.07) is 0.146. The van der Waals surface area contributed by atoms with Crippen LogP contribution in [0.2, 0.25) is 0 Å². The molecule has 10 nitrogen and oxygen atoms in total. The number of piperazine rings is 1.